The molecular formula is C10H15Cl3N2O. The van der Waals surface area contributed by atoms with E-state index in [0.29, 0.717) is 0 Å². The fourth-order valence-corrected chi connectivity index (χ4v) is 1.76. The van der Waals surface area contributed by atoms with Crippen LogP contribution in [0.5, 0.6) is 0 Å². The summed E-state index contributed by atoms with van der Waals surface area (Å²) < 4.78 is -1.91. The Labute approximate surface area is 111 Å². The first-order valence-electron chi connectivity index (χ1n) is 5.13. The summed E-state index contributed by atoms with van der Waals surface area (Å²) in [6.45, 7) is 5.81. The Balaban J connectivity index is 2.65. The fraction of sp³-hybridized carbons (Fsp3) is 0.700. The average molecular weight is 286 g/mol. The number of allylic oxidation sites excluding steroid dienone is 2. The van der Waals surface area contributed by atoms with Crippen LogP contribution < -0.4 is 5.32 Å². The van der Waals surface area contributed by atoms with Crippen LogP contribution in [0.25, 0.3) is 0 Å². The number of nitrogens with one attached hydrogen (secondary N) is 1. The minimum atomic E-state index is -1.91. The molecule has 1 aliphatic rings. The van der Waals surface area contributed by atoms with Gasteiger partial charge >= 0.3 is 0 Å². The third-order valence-electron chi connectivity index (χ3n) is 2.68. The summed E-state index contributed by atoms with van der Waals surface area (Å²) in [6, 6.07) is 0. The molecule has 0 aromatic carbocycles. The van der Waals surface area contributed by atoms with Gasteiger partial charge in [-0.05, 0) is 26.7 Å². The van der Waals surface area contributed by atoms with E-state index in [1.807, 2.05) is 13.8 Å². The van der Waals surface area contributed by atoms with Gasteiger partial charge in [0.25, 0.3) is 9.70 Å². The number of likely N-dealkylation sites (tertiary alicyclic amines) is 1. The van der Waals surface area contributed by atoms with Crippen LogP contribution in [-0.2, 0) is 4.79 Å². The van der Waals surface area contributed by atoms with Crippen molar-refractivity contribution in [3.05, 3.63) is 11.4 Å². The van der Waals surface area contributed by atoms with Gasteiger partial charge in [0, 0.05) is 24.5 Å². The smallest absolute Gasteiger partial charge is 0.276 e. The van der Waals surface area contributed by atoms with Crippen molar-refractivity contribution in [2.75, 3.05) is 13.1 Å². The van der Waals surface area contributed by atoms with Gasteiger partial charge in [0.05, 0.1) is 0 Å². The minimum absolute atomic E-state index is 0.617. The van der Waals surface area contributed by atoms with E-state index in [4.69, 9.17) is 34.8 Å². The second-order valence-electron chi connectivity index (χ2n) is 3.86. The summed E-state index contributed by atoms with van der Waals surface area (Å²) in [4.78, 5) is 13.7. The fourth-order valence-electron chi connectivity index (χ4n) is 1.62. The predicted octanol–water partition coefficient (Wildman–Crippen LogP) is 2.82. The van der Waals surface area contributed by atoms with E-state index in [1.165, 1.54) is 12.8 Å². The van der Waals surface area contributed by atoms with Gasteiger partial charge in [0.2, 0.25) is 0 Å². The molecule has 0 spiro atoms. The van der Waals surface area contributed by atoms with Crippen molar-refractivity contribution in [2.45, 2.75) is 30.5 Å². The topological polar surface area (TPSA) is 32.3 Å². The largest absolute Gasteiger partial charge is 0.374 e. The quantitative estimate of drug-likeness (QED) is 0.791. The van der Waals surface area contributed by atoms with Crippen molar-refractivity contribution in [1.82, 2.24) is 10.2 Å². The lowest BCUT2D eigenvalue weighted by Crippen LogP contribution is -2.35. The lowest BCUT2D eigenvalue weighted by atomic mass is 10.3. The molecule has 0 atom stereocenters. The highest BCUT2D eigenvalue weighted by Gasteiger charge is 2.31. The Kier molecular flexibility index (Phi) is 4.77. The van der Waals surface area contributed by atoms with Gasteiger partial charge in [0.1, 0.15) is 0 Å². The van der Waals surface area contributed by atoms with Crippen molar-refractivity contribution in [3.63, 3.8) is 0 Å². The third kappa shape index (κ3) is 3.72. The van der Waals surface area contributed by atoms with Gasteiger partial charge in [-0.1, -0.05) is 34.8 Å². The van der Waals surface area contributed by atoms with Crippen molar-refractivity contribution >= 4 is 40.7 Å². The highest BCUT2D eigenvalue weighted by molar-refractivity contribution is 6.76. The summed E-state index contributed by atoms with van der Waals surface area (Å²) in [5.74, 6) is -0.617. The van der Waals surface area contributed by atoms with Gasteiger partial charge in [-0.2, -0.15) is 0 Å². The number of hydrogen-bond donors (Lipinski definition) is 1. The molecule has 1 N–H and O–H groups in total. The highest BCUT2D eigenvalue weighted by atomic mass is 35.6. The van der Waals surface area contributed by atoms with Crippen LogP contribution in [0.15, 0.2) is 11.4 Å². The number of carbonyl (C=O) groups excluding carboxylic acids is 1. The first kappa shape index (κ1) is 13.9. The average Bonchev–Trinajstić information content (AvgIpc) is 2.67. The van der Waals surface area contributed by atoms with Crippen LogP contribution >= 0.6 is 34.8 Å². The SMILES string of the molecule is CC(NC(=O)C(Cl)(Cl)Cl)=C(C)N1CCCC1. The predicted molar refractivity (Wildman–Crippen MR) is 67.6 cm³/mol. The molecule has 0 aromatic rings. The molecule has 1 rings (SSSR count). The molecular weight excluding hydrogens is 270 g/mol. The molecule has 0 saturated carbocycles. The number of carbonyl (C=O) groups is 1. The van der Waals surface area contributed by atoms with Crippen molar-refractivity contribution in [2.24, 2.45) is 0 Å². The second-order valence-corrected chi connectivity index (χ2v) is 6.14. The maximum absolute atomic E-state index is 11.4. The van der Waals surface area contributed by atoms with E-state index in [1.54, 1.807) is 0 Å². The van der Waals surface area contributed by atoms with Gasteiger partial charge < -0.3 is 10.2 Å². The number of alkyl halides is 3. The molecule has 3 nitrogen and oxygen atoms in total. The summed E-state index contributed by atoms with van der Waals surface area (Å²) in [7, 11) is 0. The third-order valence-corrected chi connectivity index (χ3v) is 3.20. The van der Waals surface area contributed by atoms with E-state index < -0.39 is 9.70 Å². The second kappa shape index (κ2) is 5.48. The molecule has 0 bridgehead atoms. The maximum Gasteiger partial charge on any atom is 0.276 e. The molecule has 1 fully saturated rings. The Morgan fingerprint density at radius 3 is 2.12 bits per heavy atom. The van der Waals surface area contributed by atoms with Gasteiger partial charge in [-0.3, -0.25) is 4.79 Å². The van der Waals surface area contributed by atoms with Crippen LogP contribution in [0.3, 0.4) is 0 Å². The minimum Gasteiger partial charge on any atom is -0.374 e. The molecule has 6 heteroatoms. The van der Waals surface area contributed by atoms with Crippen LogP contribution in [0, 0.1) is 0 Å². The van der Waals surface area contributed by atoms with Crippen LogP contribution in [-0.4, -0.2) is 27.7 Å². The molecule has 16 heavy (non-hydrogen) atoms. The first-order valence-corrected chi connectivity index (χ1v) is 6.26. The van der Waals surface area contributed by atoms with Crippen molar-refractivity contribution in [1.29, 1.82) is 0 Å². The van der Waals surface area contributed by atoms with Crippen molar-refractivity contribution in [3.8, 4) is 0 Å². The molecule has 0 aromatic heterocycles. The number of nitrogens with zero attached hydrogens (tertiary/aromatic N) is 1. The van der Waals surface area contributed by atoms with E-state index >= 15 is 0 Å². The highest BCUT2D eigenvalue weighted by Crippen LogP contribution is 2.26. The molecule has 0 radical (unpaired) electrons. The molecule has 1 amide bonds. The van der Waals surface area contributed by atoms with Crippen LogP contribution in [0.2, 0.25) is 0 Å². The Hall–Kier alpha value is -0.120. The molecule has 1 aliphatic heterocycles. The Morgan fingerprint density at radius 2 is 1.69 bits per heavy atom. The first-order chi connectivity index (χ1) is 7.32. The molecule has 1 heterocycles. The summed E-state index contributed by atoms with van der Waals surface area (Å²) in [5.41, 5.74) is 1.76. The lowest BCUT2D eigenvalue weighted by molar-refractivity contribution is -0.119. The summed E-state index contributed by atoms with van der Waals surface area (Å²) in [5, 5.41) is 2.60. The Bertz CT molecular complexity index is 304. The van der Waals surface area contributed by atoms with E-state index in [9.17, 15) is 4.79 Å². The normalized spacial score (nSPS) is 18.4. The number of amides is 1. The molecule has 0 unspecified atom stereocenters. The van der Waals surface area contributed by atoms with E-state index in [-0.39, 0.29) is 0 Å². The van der Waals surface area contributed by atoms with E-state index in [2.05, 4.69) is 10.2 Å². The zero-order valence-corrected chi connectivity index (χ0v) is 11.6. The molecule has 92 valence electrons. The van der Waals surface area contributed by atoms with Gasteiger partial charge in [-0.25, -0.2) is 0 Å². The monoisotopic (exact) mass is 284 g/mol. The van der Waals surface area contributed by atoms with Crippen LogP contribution in [0.1, 0.15) is 26.7 Å². The summed E-state index contributed by atoms with van der Waals surface area (Å²) >= 11 is 16.4. The zero-order valence-electron chi connectivity index (χ0n) is 9.32. The van der Waals surface area contributed by atoms with Gasteiger partial charge in [-0.15, -0.1) is 0 Å². The Morgan fingerprint density at radius 1 is 1.19 bits per heavy atom. The van der Waals surface area contributed by atoms with Crippen LogP contribution in [0.4, 0.5) is 0 Å². The lowest BCUT2D eigenvalue weighted by Gasteiger charge is -2.22. The summed E-state index contributed by atoms with van der Waals surface area (Å²) in [6.07, 6.45) is 2.37. The molecule has 1 saturated heterocycles. The number of hydrogen-bond acceptors (Lipinski definition) is 2. The zero-order chi connectivity index (χ0) is 12.3. The van der Waals surface area contributed by atoms with E-state index in [0.717, 1.165) is 24.5 Å². The standard InChI is InChI=1S/C10H15Cl3N2O/c1-7(14-9(16)10(11,12)13)8(2)15-5-3-4-6-15/h3-6H2,1-2H3,(H,14,16). The number of rotatable bonds is 2. The van der Waals surface area contributed by atoms with Gasteiger partial charge in [0.15, 0.2) is 0 Å². The number of halogens is 3. The maximum atomic E-state index is 11.4. The van der Waals surface area contributed by atoms with Crippen molar-refractivity contribution < 1.29 is 4.79 Å². The molecule has 0 aliphatic carbocycles.